The van der Waals surface area contributed by atoms with E-state index in [0.717, 1.165) is 23.6 Å². The summed E-state index contributed by atoms with van der Waals surface area (Å²) in [7, 11) is -4.25. The second-order valence-electron chi connectivity index (χ2n) is 14.5. The zero-order chi connectivity index (χ0) is 43.6. The van der Waals surface area contributed by atoms with Crippen LogP contribution >= 0.6 is 0 Å². The van der Waals surface area contributed by atoms with Gasteiger partial charge in [-0.05, 0) is 61.9 Å². The topological polar surface area (TPSA) is 250 Å². The van der Waals surface area contributed by atoms with Crippen LogP contribution in [0.5, 0.6) is 5.75 Å². The second-order valence-corrected chi connectivity index (χ2v) is 16.4. The molecule has 0 aliphatic carbocycles. The number of rotatable bonds is 24. The van der Waals surface area contributed by atoms with E-state index in [-0.39, 0.29) is 42.4 Å². The lowest BCUT2D eigenvalue weighted by Gasteiger charge is -2.25. The molecule has 20 nitrogen and oxygen atoms in total. The highest BCUT2D eigenvalue weighted by Gasteiger charge is 2.46. The van der Waals surface area contributed by atoms with E-state index in [4.69, 9.17) is 18.9 Å². The number of amides is 4. The Hall–Kier alpha value is -5.48. The van der Waals surface area contributed by atoms with Gasteiger partial charge in [0.1, 0.15) is 17.8 Å². The van der Waals surface area contributed by atoms with Crippen LogP contribution < -0.4 is 20.7 Å². The summed E-state index contributed by atoms with van der Waals surface area (Å²) in [6, 6.07) is 10.4. The van der Waals surface area contributed by atoms with Crippen molar-refractivity contribution in [3.8, 4) is 5.75 Å². The number of nitrogens with zero attached hydrogens (tertiary/aromatic N) is 5. The van der Waals surface area contributed by atoms with E-state index in [1.807, 2.05) is 0 Å². The highest BCUT2D eigenvalue weighted by molar-refractivity contribution is 7.89. The minimum Gasteiger partial charge on any atom is -0.480 e. The Bertz CT molecular complexity index is 2010. The summed E-state index contributed by atoms with van der Waals surface area (Å²) in [6.07, 6.45) is 3.76. The van der Waals surface area contributed by atoms with Crippen molar-refractivity contribution in [3.05, 3.63) is 72.1 Å². The number of hydrogen-bond donors (Lipinski definition) is 4. The van der Waals surface area contributed by atoms with Gasteiger partial charge in [0.05, 0.1) is 43.6 Å². The molecule has 0 bridgehead atoms. The summed E-state index contributed by atoms with van der Waals surface area (Å²) in [5.74, 6) is -2.44. The molecule has 332 valence electrons. The third kappa shape index (κ3) is 14.3. The SMILES string of the molecule is CC(=O)NCCCOCCOCCOCCCNC(=O)c1cn([C@@H]2C[C@@H](C(=O)N[C@@H](Cc3ccc(OC(=O)N4CCCC4)cc3)C(=O)O)N(S(=O)(=O)c3ccccc3)C2)nn1. The number of aliphatic carboxylic acids is 1. The van der Waals surface area contributed by atoms with Gasteiger partial charge in [-0.15, -0.1) is 5.10 Å². The van der Waals surface area contributed by atoms with Crippen LogP contribution in [-0.4, -0.2) is 152 Å². The fraction of sp³-hybridized carbons (Fsp3) is 0.525. The molecule has 0 spiro atoms. The molecule has 0 saturated carbocycles. The molecule has 1 aromatic heterocycles. The monoisotopic (exact) mass is 870 g/mol. The molecule has 5 rings (SSSR count). The normalized spacial score (nSPS) is 17.2. The van der Waals surface area contributed by atoms with Crippen molar-refractivity contribution in [1.82, 2.24) is 40.1 Å². The highest BCUT2D eigenvalue weighted by atomic mass is 32.2. The molecule has 0 unspecified atom stereocenters. The van der Waals surface area contributed by atoms with Crippen LogP contribution in [0.3, 0.4) is 0 Å². The number of nitrogens with one attached hydrogen (secondary N) is 3. The lowest BCUT2D eigenvalue weighted by atomic mass is 10.0. The minimum absolute atomic E-state index is 0.0141. The number of sulfonamides is 1. The van der Waals surface area contributed by atoms with Gasteiger partial charge >= 0.3 is 12.1 Å². The zero-order valence-electron chi connectivity index (χ0n) is 34.1. The summed E-state index contributed by atoms with van der Waals surface area (Å²) in [6.45, 7) is 5.86. The van der Waals surface area contributed by atoms with E-state index in [1.54, 1.807) is 47.4 Å². The van der Waals surface area contributed by atoms with Gasteiger partial charge in [-0.25, -0.2) is 22.7 Å². The molecule has 2 saturated heterocycles. The van der Waals surface area contributed by atoms with Crippen molar-refractivity contribution in [3.63, 3.8) is 0 Å². The van der Waals surface area contributed by atoms with E-state index < -0.39 is 52.0 Å². The molecule has 3 heterocycles. The Morgan fingerprint density at radius 2 is 1.48 bits per heavy atom. The van der Waals surface area contributed by atoms with Crippen LogP contribution in [-0.2, 0) is 45.0 Å². The predicted octanol–water partition coefficient (Wildman–Crippen LogP) is 1.39. The van der Waals surface area contributed by atoms with Gasteiger partial charge < -0.3 is 44.9 Å². The van der Waals surface area contributed by atoms with Crippen molar-refractivity contribution in [2.24, 2.45) is 0 Å². The fourth-order valence-corrected chi connectivity index (χ4v) is 8.33. The first-order valence-electron chi connectivity index (χ1n) is 20.3. The molecular weight excluding hydrogens is 817 g/mol. The lowest BCUT2D eigenvalue weighted by molar-refractivity contribution is -0.142. The van der Waals surface area contributed by atoms with E-state index in [2.05, 4.69) is 26.3 Å². The average Bonchev–Trinajstić information content (AvgIpc) is 4.05. The molecular formula is C40H54N8O12S. The van der Waals surface area contributed by atoms with Crippen LogP contribution in [0.1, 0.15) is 61.1 Å². The molecule has 3 atom stereocenters. The number of carboxylic acids is 1. The first kappa shape index (κ1) is 46.6. The molecule has 21 heteroatoms. The molecule has 2 aliphatic heterocycles. The maximum Gasteiger partial charge on any atom is 0.415 e. The summed E-state index contributed by atoms with van der Waals surface area (Å²) >= 11 is 0. The number of carbonyl (C=O) groups is 5. The Balaban J connectivity index is 1.11. The van der Waals surface area contributed by atoms with Gasteiger partial charge in [0.15, 0.2) is 5.69 Å². The number of benzene rings is 2. The maximum atomic E-state index is 13.9. The number of ether oxygens (including phenoxy) is 4. The number of carbonyl (C=O) groups excluding carboxylic acids is 4. The van der Waals surface area contributed by atoms with Gasteiger partial charge in [0.2, 0.25) is 21.8 Å². The summed E-state index contributed by atoms with van der Waals surface area (Å²) in [5.41, 5.74) is 0.517. The van der Waals surface area contributed by atoms with E-state index in [0.29, 0.717) is 77.0 Å². The largest absolute Gasteiger partial charge is 0.480 e. The van der Waals surface area contributed by atoms with Crippen molar-refractivity contribution < 1.29 is 56.4 Å². The minimum atomic E-state index is -4.25. The van der Waals surface area contributed by atoms with Crippen LogP contribution in [0.2, 0.25) is 0 Å². The highest BCUT2D eigenvalue weighted by Crippen LogP contribution is 2.32. The smallest absolute Gasteiger partial charge is 0.415 e. The molecule has 3 aromatic rings. The van der Waals surface area contributed by atoms with Crippen molar-refractivity contribution in [1.29, 1.82) is 0 Å². The predicted molar refractivity (Wildman–Crippen MR) is 217 cm³/mol. The molecule has 4 amide bonds. The van der Waals surface area contributed by atoms with Crippen molar-refractivity contribution >= 4 is 39.8 Å². The lowest BCUT2D eigenvalue weighted by Crippen LogP contribution is -2.51. The van der Waals surface area contributed by atoms with Gasteiger partial charge in [-0.2, -0.15) is 4.31 Å². The van der Waals surface area contributed by atoms with Gasteiger partial charge in [-0.1, -0.05) is 35.5 Å². The number of aromatic nitrogens is 3. The molecule has 0 radical (unpaired) electrons. The number of hydrogen-bond acceptors (Lipinski definition) is 13. The Morgan fingerprint density at radius 3 is 2.10 bits per heavy atom. The fourth-order valence-electron chi connectivity index (χ4n) is 6.68. The zero-order valence-corrected chi connectivity index (χ0v) is 34.9. The van der Waals surface area contributed by atoms with E-state index in [1.165, 1.54) is 29.9 Å². The number of likely N-dealkylation sites (tertiary alicyclic amines) is 1. The van der Waals surface area contributed by atoms with Crippen LogP contribution in [0.15, 0.2) is 65.7 Å². The summed E-state index contributed by atoms with van der Waals surface area (Å²) < 4.78 is 52.1. The number of carboxylic acid groups (broad SMARTS) is 1. The maximum absolute atomic E-state index is 13.9. The van der Waals surface area contributed by atoms with E-state index >= 15 is 0 Å². The van der Waals surface area contributed by atoms with Crippen LogP contribution in [0.4, 0.5) is 4.79 Å². The first-order valence-corrected chi connectivity index (χ1v) is 21.7. The average molecular weight is 871 g/mol. The quantitative estimate of drug-likeness (QED) is 0.0930. The molecule has 4 N–H and O–H groups in total. The third-order valence-corrected chi connectivity index (χ3v) is 11.8. The summed E-state index contributed by atoms with van der Waals surface area (Å²) in [4.78, 5) is 63.9. The third-order valence-electron chi connectivity index (χ3n) is 9.88. The molecule has 2 aromatic carbocycles. The van der Waals surface area contributed by atoms with Crippen LogP contribution in [0.25, 0.3) is 0 Å². The Labute approximate surface area is 354 Å². The van der Waals surface area contributed by atoms with Gasteiger partial charge in [0.25, 0.3) is 5.91 Å². The first-order chi connectivity index (χ1) is 29.4. The van der Waals surface area contributed by atoms with E-state index in [9.17, 15) is 37.5 Å². The van der Waals surface area contributed by atoms with Crippen molar-refractivity contribution in [2.45, 2.75) is 68.5 Å². The summed E-state index contributed by atoms with van der Waals surface area (Å²) in [5, 5.41) is 26.1. The Kier molecular flexibility index (Phi) is 17.9. The molecule has 2 aliphatic rings. The second kappa shape index (κ2) is 23.5. The van der Waals surface area contributed by atoms with Crippen molar-refractivity contribution in [2.75, 3.05) is 72.4 Å². The van der Waals surface area contributed by atoms with Crippen LogP contribution in [0, 0.1) is 0 Å². The Morgan fingerprint density at radius 1 is 0.852 bits per heavy atom. The molecule has 2 fully saturated rings. The van der Waals surface area contributed by atoms with Gasteiger partial charge in [-0.3, -0.25) is 14.4 Å². The molecule has 61 heavy (non-hydrogen) atoms. The standard InChI is InChI=1S/C40H54N8O12S/c1-29(49)41-15-7-19-57-21-23-59-24-22-58-20-8-16-42-37(50)35-28-47(45-44-35)31-26-36(48(27-31)61(55,56)33-9-3-2-4-10-33)38(51)43-34(39(52)53)25-30-11-13-32(14-12-30)60-40(54)46-17-5-6-18-46/h2-4,9-14,28,31,34,36H,5-8,15-27H2,1H3,(H,41,49)(H,42,50)(H,43,51)(H,52,53)/t31-,34+,36+/m1/s1. The van der Waals surface area contributed by atoms with Gasteiger partial charge in [0, 0.05) is 59.3 Å².